The highest BCUT2D eigenvalue weighted by Crippen LogP contribution is 2.25. The van der Waals surface area contributed by atoms with E-state index in [1.54, 1.807) is 12.1 Å². The van der Waals surface area contributed by atoms with Gasteiger partial charge in [0.2, 0.25) is 0 Å². The molecule has 1 N–H and O–H groups in total. The number of hydrogen-bond donors (Lipinski definition) is 1. The number of rotatable bonds is 6. The first kappa shape index (κ1) is 23.1. The van der Waals surface area contributed by atoms with Crippen LogP contribution in [0.5, 0.6) is 0 Å². The van der Waals surface area contributed by atoms with Gasteiger partial charge in [-0.25, -0.2) is 4.83 Å². The van der Waals surface area contributed by atoms with Crippen LogP contribution in [0.1, 0.15) is 37.5 Å². The van der Waals surface area contributed by atoms with Crippen molar-refractivity contribution in [2.24, 2.45) is 5.10 Å². The maximum Gasteiger partial charge on any atom is 0.276 e. The number of nitrogens with zero attached hydrogens (tertiary/aromatic N) is 2. The summed E-state index contributed by atoms with van der Waals surface area (Å²) in [5, 5.41) is 5.73. The number of sulfonamides is 1. The van der Waals surface area contributed by atoms with E-state index in [9.17, 15) is 8.42 Å². The Morgan fingerprint density at radius 3 is 2.33 bits per heavy atom. The molecule has 0 amide bonds. The number of aromatic nitrogens is 1. The summed E-state index contributed by atoms with van der Waals surface area (Å²) in [6.45, 7) is 6.85. The van der Waals surface area contributed by atoms with Crippen LogP contribution in [-0.4, -0.2) is 19.2 Å². The van der Waals surface area contributed by atoms with Crippen molar-refractivity contribution < 1.29 is 8.42 Å². The topological polar surface area (TPSA) is 63.5 Å². The lowest BCUT2D eigenvalue weighted by Crippen LogP contribution is -2.19. The van der Waals surface area contributed by atoms with Gasteiger partial charge >= 0.3 is 0 Å². The molecule has 7 heteroatoms. The highest BCUT2D eigenvalue weighted by molar-refractivity contribution is 7.89. The molecule has 0 aliphatic rings. The standard InChI is InChI=1S/C26H26ClN3O2S/c1-26(2,3)21-12-14-22(15-13-21)33(31,32)29-28-16-20-18-30(25-11-7-5-9-23(20)25)17-19-8-4-6-10-24(19)27/h4-16,18,29H,17H2,1-3H3. The van der Waals surface area contributed by atoms with E-state index >= 15 is 0 Å². The predicted molar refractivity (Wildman–Crippen MR) is 136 cm³/mol. The smallest absolute Gasteiger partial charge is 0.276 e. The van der Waals surface area contributed by atoms with E-state index in [0.717, 1.165) is 27.6 Å². The first-order valence-corrected chi connectivity index (χ1v) is 12.5. The third-order valence-electron chi connectivity index (χ3n) is 5.53. The maximum absolute atomic E-state index is 12.7. The van der Waals surface area contributed by atoms with Gasteiger partial charge < -0.3 is 4.57 Å². The van der Waals surface area contributed by atoms with Gasteiger partial charge in [-0.15, -0.1) is 0 Å². The molecule has 0 radical (unpaired) electrons. The Labute approximate surface area is 199 Å². The Bertz CT molecular complexity index is 1420. The normalized spacial score (nSPS) is 12.5. The third kappa shape index (κ3) is 5.13. The van der Waals surface area contributed by atoms with Gasteiger partial charge in [-0.2, -0.15) is 13.5 Å². The average molecular weight is 480 g/mol. The molecule has 4 rings (SSSR count). The molecule has 3 aromatic carbocycles. The maximum atomic E-state index is 12.7. The molecule has 0 atom stereocenters. The molecule has 5 nitrogen and oxygen atoms in total. The average Bonchev–Trinajstić information content (AvgIpc) is 3.12. The van der Waals surface area contributed by atoms with Gasteiger partial charge in [0, 0.05) is 34.2 Å². The number of hydrazone groups is 1. The molecule has 0 aliphatic carbocycles. The van der Waals surface area contributed by atoms with Crippen molar-refractivity contribution in [2.75, 3.05) is 0 Å². The number of hydrogen-bond acceptors (Lipinski definition) is 3. The second-order valence-corrected chi connectivity index (χ2v) is 11.0. The summed E-state index contributed by atoms with van der Waals surface area (Å²) in [4.78, 5) is 2.50. The van der Waals surface area contributed by atoms with Crippen molar-refractivity contribution >= 4 is 38.7 Å². The number of para-hydroxylation sites is 1. The molecule has 0 unspecified atom stereocenters. The largest absolute Gasteiger partial charge is 0.342 e. The van der Waals surface area contributed by atoms with Crippen molar-refractivity contribution in [3.8, 4) is 0 Å². The molecule has 0 spiro atoms. The molecule has 33 heavy (non-hydrogen) atoms. The molecule has 4 aromatic rings. The zero-order valence-electron chi connectivity index (χ0n) is 18.8. The van der Waals surface area contributed by atoms with Crippen molar-refractivity contribution in [1.29, 1.82) is 0 Å². The summed E-state index contributed by atoms with van der Waals surface area (Å²) < 4.78 is 27.5. The Kier molecular flexibility index (Phi) is 6.32. The minimum atomic E-state index is -3.77. The van der Waals surface area contributed by atoms with Crippen LogP contribution < -0.4 is 4.83 Å². The number of nitrogens with one attached hydrogen (secondary N) is 1. The number of fused-ring (bicyclic) bond motifs is 1. The van der Waals surface area contributed by atoms with Gasteiger partial charge in [0.1, 0.15) is 0 Å². The molecular weight excluding hydrogens is 454 g/mol. The monoisotopic (exact) mass is 479 g/mol. The predicted octanol–water partition coefficient (Wildman–Crippen LogP) is 5.95. The third-order valence-corrected chi connectivity index (χ3v) is 7.13. The van der Waals surface area contributed by atoms with Crippen LogP contribution in [0, 0.1) is 0 Å². The van der Waals surface area contributed by atoms with Crippen LogP contribution in [0.3, 0.4) is 0 Å². The summed E-state index contributed by atoms with van der Waals surface area (Å²) in [6.07, 6.45) is 3.48. The second kappa shape index (κ2) is 9.04. The zero-order valence-corrected chi connectivity index (χ0v) is 20.4. The van der Waals surface area contributed by atoms with E-state index in [2.05, 4.69) is 35.3 Å². The highest BCUT2D eigenvalue weighted by atomic mass is 35.5. The molecule has 0 saturated heterocycles. The van der Waals surface area contributed by atoms with Crippen LogP contribution in [-0.2, 0) is 22.0 Å². The summed E-state index contributed by atoms with van der Waals surface area (Å²) in [7, 11) is -3.77. The minimum Gasteiger partial charge on any atom is -0.342 e. The van der Waals surface area contributed by atoms with E-state index in [0.29, 0.717) is 11.6 Å². The van der Waals surface area contributed by atoms with Crippen molar-refractivity contribution in [1.82, 2.24) is 9.40 Å². The molecule has 0 saturated carbocycles. The summed E-state index contributed by atoms with van der Waals surface area (Å²) in [5.74, 6) is 0. The Balaban J connectivity index is 1.57. The molecule has 1 aromatic heterocycles. The van der Waals surface area contributed by atoms with Gasteiger partial charge in [-0.05, 0) is 40.8 Å². The molecule has 0 aliphatic heterocycles. The molecule has 0 fully saturated rings. The van der Waals surface area contributed by atoms with Crippen LogP contribution >= 0.6 is 11.6 Å². The van der Waals surface area contributed by atoms with E-state index in [1.807, 2.05) is 66.9 Å². The Morgan fingerprint density at radius 1 is 0.970 bits per heavy atom. The van der Waals surface area contributed by atoms with E-state index in [-0.39, 0.29) is 10.3 Å². The van der Waals surface area contributed by atoms with Gasteiger partial charge in [0.25, 0.3) is 10.0 Å². The molecule has 1 heterocycles. The number of halogens is 1. The fourth-order valence-electron chi connectivity index (χ4n) is 3.67. The quantitative estimate of drug-likeness (QED) is 0.274. The Morgan fingerprint density at radius 2 is 1.64 bits per heavy atom. The lowest BCUT2D eigenvalue weighted by molar-refractivity contribution is 0.580. The summed E-state index contributed by atoms with van der Waals surface area (Å²) in [5.41, 5.74) is 3.84. The van der Waals surface area contributed by atoms with E-state index in [4.69, 9.17) is 11.6 Å². The summed E-state index contributed by atoms with van der Waals surface area (Å²) in [6, 6.07) is 22.5. The lowest BCUT2D eigenvalue weighted by Gasteiger charge is -2.19. The number of benzene rings is 3. The fraction of sp³-hybridized carbons (Fsp3) is 0.192. The zero-order chi connectivity index (χ0) is 23.6. The van der Waals surface area contributed by atoms with Crippen molar-refractivity contribution in [2.45, 2.75) is 37.6 Å². The van der Waals surface area contributed by atoms with Gasteiger partial charge in [0.15, 0.2) is 0 Å². The van der Waals surface area contributed by atoms with Gasteiger partial charge in [-0.3, -0.25) is 0 Å². The van der Waals surface area contributed by atoms with Crippen LogP contribution in [0.2, 0.25) is 5.02 Å². The molecular formula is C26H26ClN3O2S. The second-order valence-electron chi connectivity index (χ2n) is 8.95. The fourth-order valence-corrected chi connectivity index (χ4v) is 4.66. The Hall–Kier alpha value is -3.09. The van der Waals surface area contributed by atoms with Crippen LogP contribution in [0.25, 0.3) is 10.9 Å². The lowest BCUT2D eigenvalue weighted by atomic mass is 9.87. The minimum absolute atomic E-state index is 0.0495. The molecule has 0 bridgehead atoms. The van der Waals surface area contributed by atoms with E-state index in [1.165, 1.54) is 6.21 Å². The SMILES string of the molecule is CC(C)(C)c1ccc(S(=O)(=O)NN=Cc2cn(Cc3ccccc3Cl)c3ccccc23)cc1. The first-order valence-electron chi connectivity index (χ1n) is 10.6. The van der Waals surface area contributed by atoms with Crippen molar-refractivity contribution in [3.05, 3.63) is 101 Å². The van der Waals surface area contributed by atoms with Gasteiger partial charge in [-0.1, -0.05) is 80.9 Å². The van der Waals surface area contributed by atoms with Gasteiger partial charge in [0.05, 0.1) is 11.1 Å². The summed E-state index contributed by atoms with van der Waals surface area (Å²) >= 11 is 6.34. The highest BCUT2D eigenvalue weighted by Gasteiger charge is 2.17. The van der Waals surface area contributed by atoms with Crippen LogP contribution in [0.15, 0.2) is 89.0 Å². The van der Waals surface area contributed by atoms with Crippen LogP contribution in [0.4, 0.5) is 0 Å². The van der Waals surface area contributed by atoms with Crippen molar-refractivity contribution in [3.63, 3.8) is 0 Å². The molecule has 170 valence electrons. The first-order chi connectivity index (χ1) is 15.6. The van der Waals surface area contributed by atoms with E-state index < -0.39 is 10.0 Å².